The van der Waals surface area contributed by atoms with Gasteiger partial charge in [-0.25, -0.2) is 0 Å². The Morgan fingerprint density at radius 2 is 1.40 bits per heavy atom. The van der Waals surface area contributed by atoms with E-state index >= 15 is 0 Å². The van der Waals surface area contributed by atoms with E-state index in [2.05, 4.69) is 14.7 Å². The van der Waals surface area contributed by atoms with Gasteiger partial charge in [-0.05, 0) is 0 Å². The van der Waals surface area contributed by atoms with E-state index in [0.717, 1.165) is 12.2 Å². The van der Waals surface area contributed by atoms with Crippen LogP contribution < -0.4 is 0 Å². The molecule has 0 N–H and O–H groups in total. The van der Waals surface area contributed by atoms with Crippen molar-refractivity contribution in [2.24, 2.45) is 0 Å². The summed E-state index contributed by atoms with van der Waals surface area (Å²) in [7, 11) is 7.18. The zero-order chi connectivity index (χ0) is 4.71. The monoisotopic (exact) mass is 242 g/mol. The van der Waals surface area contributed by atoms with Gasteiger partial charge in [-0.2, -0.15) is 0 Å². The summed E-state index contributed by atoms with van der Waals surface area (Å²) in [6, 6.07) is 0. The van der Waals surface area contributed by atoms with Crippen LogP contribution in [0.4, 0.5) is 0 Å². The Balaban J connectivity index is 0. The third kappa shape index (κ3) is 25.7. The number of hydrogen-bond acceptors (Lipinski definition) is 1. The van der Waals surface area contributed by atoms with Crippen LogP contribution in [0.3, 0.4) is 0 Å². The average Bonchev–Trinajstić information content (AvgIpc) is 1.46. The Morgan fingerprint density at radius 3 is 1.40 bits per heavy atom. The van der Waals surface area contributed by atoms with Gasteiger partial charge in [0, 0.05) is 0 Å². The molecule has 36 valence electrons. The molecule has 1 nitrogen and oxygen atoms in total. The molecule has 0 aliphatic heterocycles. The fourth-order valence-electron chi connectivity index (χ4n) is 0. The van der Waals surface area contributed by atoms with E-state index in [-0.39, 0.29) is 0 Å². The summed E-state index contributed by atoms with van der Waals surface area (Å²) in [4.78, 5) is 0. The average molecular weight is 243 g/mol. The van der Waals surface area contributed by atoms with Crippen LogP contribution in [0, 0.1) is 0 Å². The van der Waals surface area contributed by atoms with Crippen LogP contribution in [0.25, 0.3) is 0 Å². The Bertz CT molecular complexity index is 93.6. The summed E-state index contributed by atoms with van der Waals surface area (Å²) in [6.07, 6.45) is 0. The van der Waals surface area contributed by atoms with Gasteiger partial charge in [-0.3, -0.25) is 0 Å². The molecule has 0 fully saturated rings. The molecule has 0 atom stereocenters. The van der Waals surface area contributed by atoms with Crippen LogP contribution in [-0.2, 0) is 34.8 Å². The Kier molecular flexibility index (Phi) is 33.8. The quantitative estimate of drug-likeness (QED) is 0.466. The Hall–Kier alpha value is 1.82. The maximum atomic E-state index is 8.10. The number of hydrogen-bond donors (Lipinski definition) is 0. The van der Waals surface area contributed by atoms with Gasteiger partial charge < -0.3 is 0 Å². The molecule has 5 heavy (non-hydrogen) atoms. The van der Waals surface area contributed by atoms with Crippen molar-refractivity contribution < 1.29 is 34.8 Å². The molecule has 0 rings (SSSR count). The van der Waals surface area contributed by atoms with Gasteiger partial charge >= 0.3 is 49.6 Å². The van der Waals surface area contributed by atoms with Crippen molar-refractivity contribution in [2.45, 2.75) is 0 Å². The SMILES string of the molecule is [O]=[Pd].[P]#[Ni]#[P]. The molecular weight excluding hydrogens is 243 g/mol. The molecule has 0 saturated heterocycles. The summed E-state index contributed by atoms with van der Waals surface area (Å²) in [5, 5.41) is 0. The molecule has 0 heterocycles. The van der Waals surface area contributed by atoms with Gasteiger partial charge in [0.15, 0.2) is 0 Å². The van der Waals surface area contributed by atoms with Crippen LogP contribution in [0.2, 0.25) is 0 Å². The predicted octanol–water partition coefficient (Wildman–Crippen LogP) is 1.60. The first-order valence-corrected chi connectivity index (χ1v) is 4.26. The third-order valence-electron chi connectivity index (χ3n) is 0. The fraction of sp³-hybridized carbons (Fsp3) is 0. The van der Waals surface area contributed by atoms with E-state index in [1.807, 2.05) is 0 Å². The number of rotatable bonds is 0. The fourth-order valence-corrected chi connectivity index (χ4v) is 0. The van der Waals surface area contributed by atoms with Gasteiger partial charge in [0.05, 0.1) is 0 Å². The Morgan fingerprint density at radius 1 is 1.40 bits per heavy atom. The zero-order valence-electron chi connectivity index (χ0n) is 1.94. The van der Waals surface area contributed by atoms with Crippen LogP contribution in [0.1, 0.15) is 0 Å². The molecule has 0 unspecified atom stereocenters. The minimum absolute atomic E-state index is 1.01. The van der Waals surface area contributed by atoms with Crippen LogP contribution in [0.15, 0.2) is 0 Å². The van der Waals surface area contributed by atoms with Crippen molar-refractivity contribution in [3.8, 4) is 0 Å². The first-order chi connectivity index (χ1) is 2.41. The second kappa shape index (κ2) is 17.0. The van der Waals surface area contributed by atoms with Gasteiger partial charge in [-0.1, -0.05) is 0 Å². The second-order valence-electron chi connectivity index (χ2n) is 0.0632. The van der Waals surface area contributed by atoms with Gasteiger partial charge in [-0.15, -0.1) is 0 Å². The van der Waals surface area contributed by atoms with Crippen molar-refractivity contribution in [3.05, 3.63) is 0 Å². The molecule has 0 saturated carbocycles. The van der Waals surface area contributed by atoms with Crippen molar-refractivity contribution in [1.29, 1.82) is 0 Å². The van der Waals surface area contributed by atoms with E-state index in [1.165, 1.54) is 19.2 Å². The molecule has 0 spiro atoms. The molecule has 0 amide bonds. The topological polar surface area (TPSA) is 17.1 Å². The van der Waals surface area contributed by atoms with Crippen molar-refractivity contribution in [2.75, 3.05) is 0 Å². The molecular formula is NiOP2Pd. The zero-order valence-corrected chi connectivity index (χ0v) is 6.27. The summed E-state index contributed by atoms with van der Waals surface area (Å²) < 4.78 is 8.10. The predicted molar refractivity (Wildman–Crippen MR) is 14.5 cm³/mol. The molecule has 0 aromatic rings. The second-order valence-corrected chi connectivity index (χ2v) is 2.35. The van der Waals surface area contributed by atoms with Crippen LogP contribution >= 0.6 is 14.7 Å². The van der Waals surface area contributed by atoms with Gasteiger partial charge in [0.25, 0.3) is 0 Å². The molecule has 0 bridgehead atoms. The van der Waals surface area contributed by atoms with Gasteiger partial charge in [0.1, 0.15) is 0 Å². The molecule has 0 radical (unpaired) electrons. The Labute approximate surface area is 49.6 Å². The van der Waals surface area contributed by atoms with Crippen molar-refractivity contribution >= 4 is 14.7 Å². The third-order valence-corrected chi connectivity index (χ3v) is 0. The normalized spacial score (nSPS) is 4.00. The van der Waals surface area contributed by atoms with Crippen molar-refractivity contribution in [3.63, 3.8) is 0 Å². The molecule has 0 aromatic carbocycles. The van der Waals surface area contributed by atoms with E-state index in [1.54, 1.807) is 0 Å². The first kappa shape index (κ1) is 9.94. The standard InChI is InChI=1S/Ni.O.2P.Pd. The maximum absolute atomic E-state index is 8.10. The van der Waals surface area contributed by atoms with Gasteiger partial charge in [0.2, 0.25) is 0 Å². The first-order valence-electron chi connectivity index (χ1n) is 0.412. The van der Waals surface area contributed by atoms with Crippen LogP contribution in [0.5, 0.6) is 0 Å². The summed E-state index contributed by atoms with van der Waals surface area (Å²) >= 11 is 2.51. The van der Waals surface area contributed by atoms with Crippen molar-refractivity contribution in [1.82, 2.24) is 0 Å². The van der Waals surface area contributed by atoms with E-state index < -0.39 is 0 Å². The summed E-state index contributed by atoms with van der Waals surface area (Å²) in [5.74, 6) is 0. The van der Waals surface area contributed by atoms with Crippen LogP contribution in [-0.4, -0.2) is 0 Å². The van der Waals surface area contributed by atoms with E-state index in [0.29, 0.717) is 0 Å². The van der Waals surface area contributed by atoms with E-state index in [4.69, 9.17) is 3.47 Å². The molecule has 0 aliphatic carbocycles. The summed E-state index contributed by atoms with van der Waals surface area (Å²) in [5.41, 5.74) is 0. The molecule has 0 aromatic heterocycles. The molecule has 5 heteroatoms. The minimum atomic E-state index is 1.01. The molecule has 0 aliphatic rings. The van der Waals surface area contributed by atoms with E-state index in [9.17, 15) is 0 Å². The summed E-state index contributed by atoms with van der Waals surface area (Å²) in [6.45, 7) is 0.